The average molecular weight is 223 g/mol. The maximum atomic E-state index is 4.61. The summed E-state index contributed by atoms with van der Waals surface area (Å²) in [5, 5.41) is 1.28. The standard InChI is InChI=1S/C16H17N/c1-10-4-6-14-13-7-5-11(2)12(3)15(13)9-17-16(14)8-10/h4-9,11-12H,1-3H3. The Morgan fingerprint density at radius 2 is 2.00 bits per heavy atom. The Morgan fingerprint density at radius 1 is 1.18 bits per heavy atom. The molecule has 86 valence electrons. The van der Waals surface area contributed by atoms with Crippen molar-refractivity contribution in [2.24, 2.45) is 5.92 Å². The van der Waals surface area contributed by atoms with Crippen LogP contribution in [0.1, 0.15) is 36.5 Å². The SMILES string of the molecule is Cc1ccc2c3c(cnc2c1)C(C)C(C)C=C3. The second-order valence-corrected chi connectivity index (χ2v) is 5.15. The first-order chi connectivity index (χ1) is 8.16. The molecule has 0 spiro atoms. The Labute approximate surface area is 102 Å². The van der Waals surface area contributed by atoms with Crippen molar-refractivity contribution in [3.8, 4) is 0 Å². The van der Waals surface area contributed by atoms with Crippen LogP contribution in [0.2, 0.25) is 0 Å². The molecule has 2 atom stereocenters. The fraction of sp³-hybridized carbons (Fsp3) is 0.312. The van der Waals surface area contributed by atoms with Gasteiger partial charge in [-0.1, -0.05) is 38.1 Å². The van der Waals surface area contributed by atoms with Gasteiger partial charge in [-0.25, -0.2) is 0 Å². The van der Waals surface area contributed by atoms with Crippen molar-refractivity contribution < 1.29 is 0 Å². The number of allylic oxidation sites excluding steroid dienone is 1. The Balaban J connectivity index is 2.32. The van der Waals surface area contributed by atoms with Gasteiger partial charge >= 0.3 is 0 Å². The average Bonchev–Trinajstić information content (AvgIpc) is 2.33. The lowest BCUT2D eigenvalue weighted by Gasteiger charge is -2.24. The number of rotatable bonds is 0. The van der Waals surface area contributed by atoms with Gasteiger partial charge in [0.1, 0.15) is 0 Å². The molecule has 1 aromatic carbocycles. The smallest absolute Gasteiger partial charge is 0.0710 e. The fourth-order valence-corrected chi connectivity index (χ4v) is 2.59. The predicted molar refractivity (Wildman–Crippen MR) is 73.1 cm³/mol. The predicted octanol–water partition coefficient (Wildman–Crippen LogP) is 4.31. The molecule has 0 N–H and O–H groups in total. The summed E-state index contributed by atoms with van der Waals surface area (Å²) in [4.78, 5) is 4.61. The summed E-state index contributed by atoms with van der Waals surface area (Å²) in [6.07, 6.45) is 6.63. The van der Waals surface area contributed by atoms with Crippen molar-refractivity contribution in [2.75, 3.05) is 0 Å². The van der Waals surface area contributed by atoms with Gasteiger partial charge in [-0.2, -0.15) is 0 Å². The van der Waals surface area contributed by atoms with Crippen LogP contribution in [0.15, 0.2) is 30.5 Å². The lowest BCUT2D eigenvalue weighted by atomic mass is 9.81. The highest BCUT2D eigenvalue weighted by atomic mass is 14.7. The van der Waals surface area contributed by atoms with Crippen LogP contribution in [0.5, 0.6) is 0 Å². The minimum absolute atomic E-state index is 0.563. The van der Waals surface area contributed by atoms with Crippen LogP contribution in [-0.2, 0) is 0 Å². The maximum absolute atomic E-state index is 4.61. The molecule has 1 heterocycles. The van der Waals surface area contributed by atoms with Gasteiger partial charge in [-0.3, -0.25) is 4.98 Å². The number of nitrogens with zero attached hydrogens (tertiary/aromatic N) is 1. The summed E-state index contributed by atoms with van der Waals surface area (Å²) in [6.45, 7) is 6.67. The van der Waals surface area contributed by atoms with Crippen LogP contribution in [0.4, 0.5) is 0 Å². The van der Waals surface area contributed by atoms with Crippen LogP contribution in [0.3, 0.4) is 0 Å². The Morgan fingerprint density at radius 3 is 2.82 bits per heavy atom. The van der Waals surface area contributed by atoms with E-state index in [1.54, 1.807) is 0 Å². The molecule has 0 amide bonds. The van der Waals surface area contributed by atoms with E-state index in [-0.39, 0.29) is 0 Å². The molecule has 0 radical (unpaired) electrons. The number of hydrogen-bond donors (Lipinski definition) is 0. The summed E-state index contributed by atoms with van der Waals surface area (Å²) < 4.78 is 0. The van der Waals surface area contributed by atoms with E-state index in [2.05, 4.69) is 62.3 Å². The minimum atomic E-state index is 0.563. The van der Waals surface area contributed by atoms with E-state index in [9.17, 15) is 0 Å². The van der Waals surface area contributed by atoms with Crippen LogP contribution >= 0.6 is 0 Å². The van der Waals surface area contributed by atoms with Crippen molar-refractivity contribution in [3.63, 3.8) is 0 Å². The van der Waals surface area contributed by atoms with Gasteiger partial charge in [0.2, 0.25) is 0 Å². The highest BCUT2D eigenvalue weighted by Crippen LogP contribution is 2.36. The molecule has 2 aromatic rings. The molecule has 2 unspecified atom stereocenters. The molecule has 17 heavy (non-hydrogen) atoms. The van der Waals surface area contributed by atoms with E-state index in [0.29, 0.717) is 11.8 Å². The third kappa shape index (κ3) is 1.57. The van der Waals surface area contributed by atoms with Gasteiger partial charge in [-0.05, 0) is 41.5 Å². The number of aryl methyl sites for hydroxylation is 1. The molecule has 0 fully saturated rings. The van der Waals surface area contributed by atoms with Crippen molar-refractivity contribution in [3.05, 3.63) is 47.2 Å². The summed E-state index contributed by atoms with van der Waals surface area (Å²) in [5.41, 5.74) is 5.12. The van der Waals surface area contributed by atoms with Gasteiger partial charge in [0, 0.05) is 11.6 Å². The molecule has 0 bridgehead atoms. The third-order valence-electron chi connectivity index (χ3n) is 3.94. The molecule has 0 aliphatic heterocycles. The minimum Gasteiger partial charge on any atom is -0.256 e. The number of fused-ring (bicyclic) bond motifs is 3. The fourth-order valence-electron chi connectivity index (χ4n) is 2.59. The molecular formula is C16H17N. The number of pyridine rings is 1. The maximum Gasteiger partial charge on any atom is 0.0710 e. The number of aromatic nitrogens is 1. The molecule has 1 aliphatic carbocycles. The number of hydrogen-bond acceptors (Lipinski definition) is 1. The first-order valence-electron chi connectivity index (χ1n) is 6.24. The third-order valence-corrected chi connectivity index (χ3v) is 3.94. The Kier molecular flexibility index (Phi) is 2.29. The molecular weight excluding hydrogens is 206 g/mol. The molecule has 1 aromatic heterocycles. The number of benzene rings is 1. The molecule has 0 saturated carbocycles. The Hall–Kier alpha value is -1.63. The summed E-state index contributed by atoms with van der Waals surface area (Å²) in [6, 6.07) is 6.52. The zero-order valence-corrected chi connectivity index (χ0v) is 10.6. The lowest BCUT2D eigenvalue weighted by molar-refractivity contribution is 0.585. The Bertz CT molecular complexity index is 610. The molecule has 1 heteroatoms. The van der Waals surface area contributed by atoms with E-state index < -0.39 is 0 Å². The largest absolute Gasteiger partial charge is 0.256 e. The van der Waals surface area contributed by atoms with E-state index in [1.807, 2.05) is 0 Å². The van der Waals surface area contributed by atoms with Gasteiger partial charge in [0.15, 0.2) is 0 Å². The first kappa shape index (κ1) is 10.5. The van der Waals surface area contributed by atoms with Gasteiger partial charge < -0.3 is 0 Å². The lowest BCUT2D eigenvalue weighted by Crippen LogP contribution is -2.10. The second kappa shape index (κ2) is 3.69. The van der Waals surface area contributed by atoms with E-state index in [1.165, 1.54) is 22.1 Å². The summed E-state index contributed by atoms with van der Waals surface area (Å²) in [5.74, 6) is 1.17. The van der Waals surface area contributed by atoms with Gasteiger partial charge in [-0.15, -0.1) is 0 Å². The molecule has 3 rings (SSSR count). The van der Waals surface area contributed by atoms with E-state index in [0.717, 1.165) is 5.52 Å². The molecule has 1 aliphatic rings. The highest BCUT2D eigenvalue weighted by molar-refractivity contribution is 5.90. The first-order valence-corrected chi connectivity index (χ1v) is 6.24. The normalized spacial score (nSPS) is 22.8. The summed E-state index contributed by atoms with van der Waals surface area (Å²) >= 11 is 0. The van der Waals surface area contributed by atoms with Crippen LogP contribution < -0.4 is 0 Å². The van der Waals surface area contributed by atoms with Crippen molar-refractivity contribution in [2.45, 2.75) is 26.7 Å². The zero-order valence-electron chi connectivity index (χ0n) is 10.6. The van der Waals surface area contributed by atoms with Crippen molar-refractivity contribution >= 4 is 17.0 Å². The van der Waals surface area contributed by atoms with E-state index in [4.69, 9.17) is 0 Å². The van der Waals surface area contributed by atoms with Crippen LogP contribution in [-0.4, -0.2) is 4.98 Å². The molecule has 1 nitrogen and oxygen atoms in total. The van der Waals surface area contributed by atoms with Crippen molar-refractivity contribution in [1.29, 1.82) is 0 Å². The zero-order chi connectivity index (χ0) is 12.0. The topological polar surface area (TPSA) is 12.9 Å². The quantitative estimate of drug-likeness (QED) is 0.648. The van der Waals surface area contributed by atoms with E-state index >= 15 is 0 Å². The summed E-state index contributed by atoms with van der Waals surface area (Å²) in [7, 11) is 0. The van der Waals surface area contributed by atoms with Gasteiger partial charge in [0.25, 0.3) is 0 Å². The monoisotopic (exact) mass is 223 g/mol. The van der Waals surface area contributed by atoms with Crippen LogP contribution in [0.25, 0.3) is 17.0 Å². The van der Waals surface area contributed by atoms with Gasteiger partial charge in [0.05, 0.1) is 5.52 Å². The highest BCUT2D eigenvalue weighted by Gasteiger charge is 2.20. The molecule has 0 saturated heterocycles. The van der Waals surface area contributed by atoms with Crippen molar-refractivity contribution in [1.82, 2.24) is 4.98 Å². The van der Waals surface area contributed by atoms with Crippen LogP contribution in [0, 0.1) is 12.8 Å². The second-order valence-electron chi connectivity index (χ2n) is 5.15.